The molecular formula is C37H53N3O7. The fourth-order valence-electron chi connectivity index (χ4n) is 6.17. The van der Waals surface area contributed by atoms with Crippen LogP contribution in [0.15, 0.2) is 48.5 Å². The third-order valence-electron chi connectivity index (χ3n) is 8.78. The summed E-state index contributed by atoms with van der Waals surface area (Å²) in [5.74, 6) is -0.224. The number of amides is 2. The van der Waals surface area contributed by atoms with Crippen LogP contribution >= 0.6 is 0 Å². The minimum absolute atomic E-state index is 0.00559. The van der Waals surface area contributed by atoms with Crippen molar-refractivity contribution in [1.29, 1.82) is 0 Å². The lowest BCUT2D eigenvalue weighted by Gasteiger charge is -2.43. The van der Waals surface area contributed by atoms with Crippen LogP contribution in [0.4, 0.5) is 0 Å². The van der Waals surface area contributed by atoms with Gasteiger partial charge in [-0.3, -0.25) is 19.3 Å². The van der Waals surface area contributed by atoms with Crippen molar-refractivity contribution in [2.45, 2.75) is 116 Å². The maximum atomic E-state index is 13.1. The Kier molecular flexibility index (Phi) is 13.4. The van der Waals surface area contributed by atoms with Gasteiger partial charge in [0.05, 0.1) is 18.8 Å². The highest BCUT2D eigenvalue weighted by Gasteiger charge is 2.42. The molecule has 0 spiro atoms. The second-order valence-electron chi connectivity index (χ2n) is 13.8. The number of hydrogen-bond donors (Lipinski definition) is 3. The Morgan fingerprint density at radius 1 is 0.936 bits per heavy atom. The van der Waals surface area contributed by atoms with E-state index < -0.39 is 11.9 Å². The molecule has 5 unspecified atom stereocenters. The normalized spacial score (nSPS) is 23.3. The van der Waals surface area contributed by atoms with Crippen molar-refractivity contribution in [3.63, 3.8) is 0 Å². The number of nitrogens with one attached hydrogen (secondary N) is 2. The summed E-state index contributed by atoms with van der Waals surface area (Å²) < 4.78 is 19.0. The third kappa shape index (κ3) is 11.1. The Hall–Kier alpha value is -3.31. The van der Waals surface area contributed by atoms with Gasteiger partial charge in [0, 0.05) is 44.5 Å². The number of aliphatic hydroxyl groups is 1. The quantitative estimate of drug-likeness (QED) is 0.191. The Morgan fingerprint density at radius 2 is 1.62 bits per heavy atom. The zero-order chi connectivity index (χ0) is 34.0. The highest BCUT2D eigenvalue weighted by molar-refractivity contribution is 5.76. The van der Waals surface area contributed by atoms with E-state index in [1.807, 2.05) is 69.3 Å². The summed E-state index contributed by atoms with van der Waals surface area (Å²) in [6.45, 7) is 11.7. The predicted octanol–water partition coefficient (Wildman–Crippen LogP) is 5.09. The Labute approximate surface area is 279 Å². The summed E-state index contributed by atoms with van der Waals surface area (Å²) in [4.78, 5) is 38.6. The molecule has 2 fully saturated rings. The van der Waals surface area contributed by atoms with Crippen molar-refractivity contribution in [3.05, 3.63) is 70.8 Å². The van der Waals surface area contributed by atoms with Crippen LogP contribution in [0.3, 0.4) is 0 Å². The molecule has 2 amide bonds. The molecule has 2 aromatic carbocycles. The Balaban J connectivity index is 1.41. The van der Waals surface area contributed by atoms with Crippen LogP contribution < -0.4 is 10.6 Å². The maximum absolute atomic E-state index is 13.1. The number of carbonyl (C=O) groups is 3. The number of unbranched alkanes of at least 4 members (excludes halogenated alkanes) is 2. The maximum Gasteiger partial charge on any atom is 0.323 e. The Morgan fingerprint density at radius 3 is 2.28 bits per heavy atom. The first-order chi connectivity index (χ1) is 22.4. The van der Waals surface area contributed by atoms with Crippen molar-refractivity contribution in [2.24, 2.45) is 5.92 Å². The number of esters is 1. The van der Waals surface area contributed by atoms with Gasteiger partial charge in [0.1, 0.15) is 11.6 Å². The molecule has 3 N–H and O–H groups in total. The summed E-state index contributed by atoms with van der Waals surface area (Å²) in [6, 6.07) is 15.4. The van der Waals surface area contributed by atoms with Crippen LogP contribution in [0.1, 0.15) is 108 Å². The molecule has 2 aliphatic rings. The molecule has 258 valence electrons. The number of carbonyl (C=O) groups excluding carboxylic acids is 3. The molecule has 47 heavy (non-hydrogen) atoms. The van der Waals surface area contributed by atoms with Crippen LogP contribution in [-0.4, -0.2) is 65.2 Å². The van der Waals surface area contributed by atoms with Crippen LogP contribution in [0, 0.1) is 5.92 Å². The van der Waals surface area contributed by atoms with Crippen molar-refractivity contribution in [3.8, 4) is 0 Å². The number of rotatable bonds is 14. The molecule has 0 bridgehead atoms. The fourth-order valence-corrected chi connectivity index (χ4v) is 6.17. The van der Waals surface area contributed by atoms with E-state index in [9.17, 15) is 19.5 Å². The van der Waals surface area contributed by atoms with E-state index in [0.29, 0.717) is 26.1 Å². The molecule has 0 aromatic heterocycles. The third-order valence-corrected chi connectivity index (χ3v) is 8.78. The van der Waals surface area contributed by atoms with Gasteiger partial charge in [0.25, 0.3) is 0 Å². The lowest BCUT2D eigenvalue weighted by molar-refractivity contribution is -0.276. The van der Waals surface area contributed by atoms with Gasteiger partial charge in [0.2, 0.25) is 11.8 Å². The second-order valence-corrected chi connectivity index (χ2v) is 13.8. The number of aliphatic hydroxyl groups excluding tert-OH is 1. The van der Waals surface area contributed by atoms with Crippen molar-refractivity contribution >= 4 is 17.8 Å². The molecule has 0 saturated carbocycles. The molecule has 2 heterocycles. The zero-order valence-electron chi connectivity index (χ0n) is 28.6. The molecule has 5 atom stereocenters. The van der Waals surface area contributed by atoms with Crippen molar-refractivity contribution in [1.82, 2.24) is 15.5 Å². The molecule has 2 aromatic rings. The summed E-state index contributed by atoms with van der Waals surface area (Å²) in [5, 5.41) is 15.3. The lowest BCUT2D eigenvalue weighted by Crippen LogP contribution is -2.48. The summed E-state index contributed by atoms with van der Waals surface area (Å²) in [7, 11) is 0. The average molecular weight is 652 g/mol. The largest absolute Gasteiger partial charge is 0.459 e. The smallest absolute Gasteiger partial charge is 0.323 e. The van der Waals surface area contributed by atoms with E-state index in [0.717, 1.165) is 60.9 Å². The second kappa shape index (κ2) is 17.2. The minimum Gasteiger partial charge on any atom is -0.459 e. The van der Waals surface area contributed by atoms with Crippen LogP contribution in [0.5, 0.6) is 0 Å². The molecule has 2 saturated heterocycles. The van der Waals surface area contributed by atoms with E-state index in [-0.39, 0.29) is 48.6 Å². The van der Waals surface area contributed by atoms with Gasteiger partial charge in [0.15, 0.2) is 6.29 Å². The van der Waals surface area contributed by atoms with E-state index in [1.54, 1.807) is 0 Å². The van der Waals surface area contributed by atoms with Crippen LogP contribution in [0.25, 0.3) is 0 Å². The van der Waals surface area contributed by atoms with E-state index in [1.165, 1.54) is 6.92 Å². The van der Waals surface area contributed by atoms with E-state index >= 15 is 0 Å². The molecule has 10 nitrogen and oxygen atoms in total. The van der Waals surface area contributed by atoms with Gasteiger partial charge < -0.3 is 30.0 Å². The highest BCUT2D eigenvalue weighted by atomic mass is 16.7. The first-order valence-electron chi connectivity index (χ1n) is 17.0. The molecule has 2 aliphatic heterocycles. The minimum atomic E-state index is -0.623. The van der Waals surface area contributed by atoms with Gasteiger partial charge >= 0.3 is 5.97 Å². The van der Waals surface area contributed by atoms with Crippen molar-refractivity contribution < 1.29 is 33.7 Å². The standard InChI is InChI=1S/C37H53N3O7/c1-25-32(23-40-21-9-10-31(40)35(44)47-37(3,4)5)45-36(46-34(25)29-16-14-28(24-41)15-17-29)30-18-12-27(13-19-30)22-39-33(43)11-7-6-8-20-38-26(2)42/h12-19,25,31-32,34,36,41H,6-11,20-24H2,1-5H3,(H,38,42)(H,39,43). The molecule has 0 radical (unpaired) electrons. The van der Waals surface area contributed by atoms with Gasteiger partial charge in [-0.05, 0) is 69.7 Å². The number of nitrogens with zero attached hydrogens (tertiary/aromatic N) is 1. The predicted molar refractivity (Wildman–Crippen MR) is 179 cm³/mol. The number of benzene rings is 2. The first kappa shape index (κ1) is 36.5. The lowest BCUT2D eigenvalue weighted by atomic mass is 9.90. The first-order valence-corrected chi connectivity index (χ1v) is 17.0. The monoisotopic (exact) mass is 651 g/mol. The molecule has 4 rings (SSSR count). The number of ether oxygens (including phenoxy) is 3. The topological polar surface area (TPSA) is 126 Å². The van der Waals surface area contributed by atoms with E-state index in [4.69, 9.17) is 14.2 Å². The summed E-state index contributed by atoms with van der Waals surface area (Å²) >= 11 is 0. The number of hydrogen-bond acceptors (Lipinski definition) is 8. The van der Waals surface area contributed by atoms with Gasteiger partial charge in [-0.15, -0.1) is 0 Å². The van der Waals surface area contributed by atoms with Crippen molar-refractivity contribution in [2.75, 3.05) is 19.6 Å². The molecular weight excluding hydrogens is 598 g/mol. The van der Waals surface area contributed by atoms with Gasteiger partial charge in [-0.1, -0.05) is 61.9 Å². The summed E-state index contributed by atoms with van der Waals surface area (Å²) in [5.41, 5.74) is 3.14. The fraction of sp³-hybridized carbons (Fsp3) is 0.595. The molecule has 0 aliphatic carbocycles. The van der Waals surface area contributed by atoms with Gasteiger partial charge in [-0.25, -0.2) is 0 Å². The zero-order valence-corrected chi connectivity index (χ0v) is 28.6. The summed E-state index contributed by atoms with van der Waals surface area (Å²) in [6.07, 6.45) is 3.57. The Bertz CT molecular complexity index is 1310. The SMILES string of the molecule is CC(=O)NCCCCCC(=O)NCc1ccc(C2OC(CN3CCCC3C(=O)OC(C)(C)C)C(C)C(c3ccc(CO)cc3)O2)cc1. The highest BCUT2D eigenvalue weighted by Crippen LogP contribution is 2.42. The number of likely N-dealkylation sites (tertiary alicyclic amines) is 1. The van der Waals surface area contributed by atoms with Crippen LogP contribution in [-0.2, 0) is 41.7 Å². The molecule has 10 heteroatoms. The van der Waals surface area contributed by atoms with Gasteiger partial charge in [-0.2, -0.15) is 0 Å². The van der Waals surface area contributed by atoms with Crippen LogP contribution in [0.2, 0.25) is 0 Å². The average Bonchev–Trinajstić information content (AvgIpc) is 3.50. The van der Waals surface area contributed by atoms with E-state index in [2.05, 4.69) is 22.5 Å².